The molecule has 21 heavy (non-hydrogen) atoms. The molecule has 116 valence electrons. The van der Waals surface area contributed by atoms with Crippen molar-refractivity contribution in [3.63, 3.8) is 0 Å². The standard InChI is InChI=1S/C16H25N3O2/c17-10-13-3-5-15(6-4-13)18-16(21)7-9-19-8-1-2-14(11-19)12-20/h3-6,14,20H,1-2,7-12,17H2,(H,18,21). The molecule has 1 fully saturated rings. The van der Waals surface area contributed by atoms with E-state index in [1.54, 1.807) is 0 Å². The Morgan fingerprint density at radius 3 is 2.81 bits per heavy atom. The summed E-state index contributed by atoms with van der Waals surface area (Å²) in [7, 11) is 0. The zero-order chi connectivity index (χ0) is 15.1. The first-order chi connectivity index (χ1) is 10.2. The molecular formula is C16H25N3O2. The highest BCUT2D eigenvalue weighted by atomic mass is 16.3. The smallest absolute Gasteiger partial charge is 0.225 e. The van der Waals surface area contributed by atoms with Gasteiger partial charge in [0.15, 0.2) is 0 Å². The van der Waals surface area contributed by atoms with Crippen LogP contribution in [0.5, 0.6) is 0 Å². The van der Waals surface area contributed by atoms with E-state index in [1.807, 2.05) is 24.3 Å². The van der Waals surface area contributed by atoms with Crippen LogP contribution in [0.3, 0.4) is 0 Å². The van der Waals surface area contributed by atoms with Gasteiger partial charge in [0, 0.05) is 38.3 Å². The first-order valence-electron chi connectivity index (χ1n) is 7.63. The Labute approximate surface area is 126 Å². The molecule has 5 nitrogen and oxygen atoms in total. The van der Waals surface area contributed by atoms with E-state index in [0.717, 1.165) is 43.7 Å². The Morgan fingerprint density at radius 1 is 1.38 bits per heavy atom. The first-order valence-corrected chi connectivity index (χ1v) is 7.63. The van der Waals surface area contributed by atoms with Crippen LogP contribution in [0.25, 0.3) is 0 Å². The van der Waals surface area contributed by atoms with Crippen LogP contribution in [0.2, 0.25) is 0 Å². The molecule has 1 aliphatic rings. The fraction of sp³-hybridized carbons (Fsp3) is 0.562. The average Bonchev–Trinajstić information content (AvgIpc) is 2.54. The normalized spacial score (nSPS) is 19.4. The number of rotatable bonds is 6. The van der Waals surface area contributed by atoms with Gasteiger partial charge in [-0.3, -0.25) is 4.79 Å². The van der Waals surface area contributed by atoms with E-state index in [0.29, 0.717) is 18.9 Å². The van der Waals surface area contributed by atoms with Gasteiger partial charge >= 0.3 is 0 Å². The number of nitrogens with one attached hydrogen (secondary N) is 1. The predicted molar refractivity (Wildman–Crippen MR) is 83.8 cm³/mol. The number of amides is 1. The zero-order valence-electron chi connectivity index (χ0n) is 12.4. The van der Waals surface area contributed by atoms with Crippen LogP contribution < -0.4 is 11.1 Å². The molecule has 1 aliphatic heterocycles. The second-order valence-electron chi connectivity index (χ2n) is 5.69. The lowest BCUT2D eigenvalue weighted by Gasteiger charge is -2.31. The molecule has 0 aromatic heterocycles. The van der Waals surface area contributed by atoms with Crippen molar-refractivity contribution < 1.29 is 9.90 Å². The quantitative estimate of drug-likeness (QED) is 0.735. The van der Waals surface area contributed by atoms with Crippen molar-refractivity contribution >= 4 is 11.6 Å². The Balaban J connectivity index is 1.73. The van der Waals surface area contributed by atoms with E-state index in [1.165, 1.54) is 0 Å². The number of carbonyl (C=O) groups is 1. The molecule has 5 heteroatoms. The summed E-state index contributed by atoms with van der Waals surface area (Å²) in [5.41, 5.74) is 7.40. The molecule has 0 aliphatic carbocycles. The third-order valence-corrected chi connectivity index (χ3v) is 3.99. The lowest BCUT2D eigenvalue weighted by molar-refractivity contribution is -0.116. The van der Waals surface area contributed by atoms with E-state index >= 15 is 0 Å². The molecule has 2 rings (SSSR count). The van der Waals surface area contributed by atoms with Crippen LogP contribution in [0.4, 0.5) is 5.69 Å². The van der Waals surface area contributed by atoms with E-state index in [4.69, 9.17) is 5.73 Å². The minimum Gasteiger partial charge on any atom is -0.396 e. The maximum Gasteiger partial charge on any atom is 0.225 e. The molecule has 0 saturated carbocycles. The molecule has 1 amide bonds. The van der Waals surface area contributed by atoms with Gasteiger partial charge in [-0.2, -0.15) is 0 Å². The van der Waals surface area contributed by atoms with Gasteiger partial charge in [-0.1, -0.05) is 12.1 Å². The number of piperidine rings is 1. The summed E-state index contributed by atoms with van der Waals surface area (Å²) >= 11 is 0. The Bertz CT molecular complexity index is 447. The molecule has 1 aromatic rings. The second kappa shape index (κ2) is 8.12. The highest BCUT2D eigenvalue weighted by Gasteiger charge is 2.19. The number of nitrogens with two attached hydrogens (primary N) is 1. The van der Waals surface area contributed by atoms with Crippen LogP contribution in [0.1, 0.15) is 24.8 Å². The summed E-state index contributed by atoms with van der Waals surface area (Å²) in [5.74, 6) is 0.396. The van der Waals surface area contributed by atoms with Crippen molar-refractivity contribution in [3.05, 3.63) is 29.8 Å². The third kappa shape index (κ3) is 5.12. The number of nitrogens with zero attached hydrogens (tertiary/aromatic N) is 1. The molecule has 0 radical (unpaired) electrons. The van der Waals surface area contributed by atoms with Gasteiger partial charge in [-0.05, 0) is 43.0 Å². The number of carbonyl (C=O) groups excluding carboxylic acids is 1. The van der Waals surface area contributed by atoms with E-state index in [-0.39, 0.29) is 12.5 Å². The van der Waals surface area contributed by atoms with Gasteiger partial charge in [-0.15, -0.1) is 0 Å². The van der Waals surface area contributed by atoms with E-state index in [9.17, 15) is 9.90 Å². The Kier molecular flexibility index (Phi) is 6.17. The SMILES string of the molecule is NCc1ccc(NC(=O)CCN2CCCC(CO)C2)cc1. The molecule has 1 atom stereocenters. The monoisotopic (exact) mass is 291 g/mol. The van der Waals surface area contributed by atoms with Crippen LogP contribution >= 0.6 is 0 Å². The maximum absolute atomic E-state index is 11.9. The minimum atomic E-state index is 0.0293. The molecule has 1 unspecified atom stereocenters. The first kappa shape index (κ1) is 15.9. The fourth-order valence-corrected chi connectivity index (χ4v) is 2.71. The van der Waals surface area contributed by atoms with Crippen LogP contribution in [-0.2, 0) is 11.3 Å². The minimum absolute atomic E-state index is 0.0293. The third-order valence-electron chi connectivity index (χ3n) is 3.99. The van der Waals surface area contributed by atoms with Gasteiger partial charge < -0.3 is 21.1 Å². The predicted octanol–water partition coefficient (Wildman–Crippen LogP) is 1.18. The summed E-state index contributed by atoms with van der Waals surface area (Å²) in [6, 6.07) is 7.60. The summed E-state index contributed by atoms with van der Waals surface area (Å²) in [6.45, 7) is 3.43. The summed E-state index contributed by atoms with van der Waals surface area (Å²) in [6.07, 6.45) is 2.68. The number of hydrogen-bond acceptors (Lipinski definition) is 4. The number of aliphatic hydroxyl groups is 1. The van der Waals surface area contributed by atoms with Crippen LogP contribution in [0.15, 0.2) is 24.3 Å². The summed E-state index contributed by atoms with van der Waals surface area (Å²) in [4.78, 5) is 14.2. The molecule has 4 N–H and O–H groups in total. The van der Waals surface area contributed by atoms with E-state index in [2.05, 4.69) is 10.2 Å². The number of aliphatic hydroxyl groups excluding tert-OH is 1. The van der Waals surface area contributed by atoms with Crippen molar-refractivity contribution in [1.82, 2.24) is 4.90 Å². The zero-order valence-corrected chi connectivity index (χ0v) is 12.4. The van der Waals surface area contributed by atoms with Crippen molar-refractivity contribution in [1.29, 1.82) is 0 Å². The molecule has 1 saturated heterocycles. The van der Waals surface area contributed by atoms with E-state index < -0.39 is 0 Å². The number of anilines is 1. The maximum atomic E-state index is 11.9. The summed E-state index contributed by atoms with van der Waals surface area (Å²) in [5, 5.41) is 12.1. The largest absolute Gasteiger partial charge is 0.396 e. The topological polar surface area (TPSA) is 78.6 Å². The van der Waals surface area contributed by atoms with Gasteiger partial charge in [0.2, 0.25) is 5.91 Å². The lowest BCUT2D eigenvalue weighted by atomic mass is 9.99. The van der Waals surface area contributed by atoms with Gasteiger partial charge in [0.25, 0.3) is 0 Å². The Morgan fingerprint density at radius 2 is 2.14 bits per heavy atom. The molecule has 0 spiro atoms. The summed E-state index contributed by atoms with van der Waals surface area (Å²) < 4.78 is 0. The molecule has 0 bridgehead atoms. The lowest BCUT2D eigenvalue weighted by Crippen LogP contribution is -2.38. The molecule has 1 aromatic carbocycles. The average molecular weight is 291 g/mol. The number of benzene rings is 1. The van der Waals surface area contributed by atoms with Crippen molar-refractivity contribution in [2.24, 2.45) is 11.7 Å². The van der Waals surface area contributed by atoms with Crippen LogP contribution in [0, 0.1) is 5.92 Å². The highest BCUT2D eigenvalue weighted by Crippen LogP contribution is 2.16. The highest BCUT2D eigenvalue weighted by molar-refractivity contribution is 5.90. The number of likely N-dealkylation sites (tertiary alicyclic amines) is 1. The van der Waals surface area contributed by atoms with Gasteiger partial charge in [0.05, 0.1) is 0 Å². The van der Waals surface area contributed by atoms with Crippen molar-refractivity contribution in [2.45, 2.75) is 25.8 Å². The number of hydrogen-bond donors (Lipinski definition) is 3. The van der Waals surface area contributed by atoms with Crippen molar-refractivity contribution in [3.8, 4) is 0 Å². The second-order valence-corrected chi connectivity index (χ2v) is 5.69. The van der Waals surface area contributed by atoms with Crippen molar-refractivity contribution in [2.75, 3.05) is 31.6 Å². The molecule has 1 heterocycles. The van der Waals surface area contributed by atoms with Gasteiger partial charge in [-0.25, -0.2) is 0 Å². The van der Waals surface area contributed by atoms with Crippen LogP contribution in [-0.4, -0.2) is 42.2 Å². The van der Waals surface area contributed by atoms with Gasteiger partial charge in [0.1, 0.15) is 0 Å². The fourth-order valence-electron chi connectivity index (χ4n) is 2.71. The Hall–Kier alpha value is -1.43. The molecular weight excluding hydrogens is 266 g/mol.